The van der Waals surface area contributed by atoms with Crippen LogP contribution >= 0.6 is 0 Å². The lowest BCUT2D eigenvalue weighted by molar-refractivity contribution is 0.258. The fourth-order valence-corrected chi connectivity index (χ4v) is 1.33. The molecule has 0 aromatic carbocycles. The van der Waals surface area contributed by atoms with E-state index in [1.807, 2.05) is 13.8 Å². The summed E-state index contributed by atoms with van der Waals surface area (Å²) >= 11 is 0. The topological polar surface area (TPSA) is 32.5 Å². The third-order valence-corrected chi connectivity index (χ3v) is 2.02. The van der Waals surface area contributed by atoms with Crippen LogP contribution in [0.1, 0.15) is 20.8 Å². The highest BCUT2D eigenvalue weighted by molar-refractivity contribution is 4.69. The monoisotopic (exact) mass is 173 g/mol. The van der Waals surface area contributed by atoms with Crippen LogP contribution in [-0.4, -0.2) is 49.2 Å². The van der Waals surface area contributed by atoms with E-state index in [1.165, 1.54) is 19.6 Å². The molecular formula is C9H23N3. The molecule has 0 aromatic heterocycles. The van der Waals surface area contributed by atoms with Crippen LogP contribution in [0.15, 0.2) is 0 Å². The first-order valence-electron chi connectivity index (χ1n) is 5.01. The average molecular weight is 173 g/mol. The van der Waals surface area contributed by atoms with E-state index < -0.39 is 0 Å². The van der Waals surface area contributed by atoms with Gasteiger partial charge in [-0.05, 0) is 6.54 Å². The summed E-state index contributed by atoms with van der Waals surface area (Å²) in [5.74, 6) is 0. The minimum atomic E-state index is 0.789. The summed E-state index contributed by atoms with van der Waals surface area (Å²) < 4.78 is 0. The van der Waals surface area contributed by atoms with Crippen LogP contribution in [0.3, 0.4) is 0 Å². The van der Waals surface area contributed by atoms with E-state index in [0.29, 0.717) is 0 Å². The van der Waals surface area contributed by atoms with Gasteiger partial charge in [0.15, 0.2) is 0 Å². The maximum absolute atomic E-state index is 5.44. The van der Waals surface area contributed by atoms with Gasteiger partial charge in [0.05, 0.1) is 6.67 Å². The van der Waals surface area contributed by atoms with Gasteiger partial charge in [-0.2, -0.15) is 0 Å². The predicted octanol–water partition coefficient (Wildman–Crippen LogP) is 0.566. The summed E-state index contributed by atoms with van der Waals surface area (Å²) in [6.07, 6.45) is 0. The Labute approximate surface area is 76.5 Å². The fourth-order valence-electron chi connectivity index (χ4n) is 1.33. The predicted molar refractivity (Wildman–Crippen MR) is 54.1 cm³/mol. The molecule has 1 aliphatic rings. The number of nitrogens with two attached hydrogens (primary N) is 1. The molecule has 3 heteroatoms. The van der Waals surface area contributed by atoms with E-state index in [-0.39, 0.29) is 0 Å². The molecule has 0 aromatic rings. The zero-order valence-electron chi connectivity index (χ0n) is 8.71. The van der Waals surface area contributed by atoms with E-state index in [0.717, 1.165) is 19.8 Å². The van der Waals surface area contributed by atoms with E-state index >= 15 is 0 Å². The van der Waals surface area contributed by atoms with E-state index in [9.17, 15) is 0 Å². The normalized spacial score (nSPS) is 19.0. The molecule has 0 radical (unpaired) electrons. The van der Waals surface area contributed by atoms with Gasteiger partial charge in [-0.15, -0.1) is 0 Å². The van der Waals surface area contributed by atoms with Crippen LogP contribution in [0.5, 0.6) is 0 Å². The van der Waals surface area contributed by atoms with Gasteiger partial charge in [0, 0.05) is 26.2 Å². The maximum atomic E-state index is 5.44. The van der Waals surface area contributed by atoms with Crippen LogP contribution in [0.2, 0.25) is 0 Å². The fraction of sp³-hybridized carbons (Fsp3) is 1.00. The Morgan fingerprint density at radius 1 is 1.17 bits per heavy atom. The van der Waals surface area contributed by atoms with Gasteiger partial charge in [-0.1, -0.05) is 20.8 Å². The molecule has 1 saturated heterocycles. The second-order valence-corrected chi connectivity index (χ2v) is 2.76. The molecule has 3 nitrogen and oxygen atoms in total. The number of likely N-dealkylation sites (N-methyl/N-ethyl adjacent to an activating group) is 1. The summed E-state index contributed by atoms with van der Waals surface area (Å²) in [5.41, 5.74) is 5.44. The number of nitrogens with zero attached hydrogens (tertiary/aromatic N) is 2. The van der Waals surface area contributed by atoms with Crippen LogP contribution in [0.25, 0.3) is 0 Å². The first-order chi connectivity index (χ1) is 5.86. The molecule has 0 saturated carbocycles. The SMILES string of the molecule is CC.CCN1CCN(CCN)C1. The first-order valence-corrected chi connectivity index (χ1v) is 5.01. The van der Waals surface area contributed by atoms with Crippen LogP contribution in [-0.2, 0) is 0 Å². The van der Waals surface area contributed by atoms with Crippen LogP contribution in [0.4, 0.5) is 0 Å². The van der Waals surface area contributed by atoms with Gasteiger partial charge in [0.25, 0.3) is 0 Å². The summed E-state index contributed by atoms with van der Waals surface area (Å²) in [6.45, 7) is 12.7. The molecule has 1 rings (SSSR count). The van der Waals surface area contributed by atoms with Crippen molar-refractivity contribution < 1.29 is 0 Å². The molecule has 0 bridgehead atoms. The number of hydrogen-bond donors (Lipinski definition) is 1. The van der Waals surface area contributed by atoms with Crippen molar-refractivity contribution in [3.8, 4) is 0 Å². The smallest absolute Gasteiger partial charge is 0.0507 e. The Morgan fingerprint density at radius 3 is 2.17 bits per heavy atom. The maximum Gasteiger partial charge on any atom is 0.0507 e. The van der Waals surface area contributed by atoms with Gasteiger partial charge in [0.1, 0.15) is 0 Å². The van der Waals surface area contributed by atoms with Gasteiger partial charge < -0.3 is 5.73 Å². The third kappa shape index (κ3) is 4.04. The lowest BCUT2D eigenvalue weighted by Gasteiger charge is -2.14. The standard InChI is InChI=1S/C7H17N3.C2H6/c1-2-9-5-6-10(7-9)4-3-8;1-2/h2-8H2,1H3;1-2H3. The minimum Gasteiger partial charge on any atom is -0.329 e. The van der Waals surface area contributed by atoms with Crippen molar-refractivity contribution >= 4 is 0 Å². The quantitative estimate of drug-likeness (QED) is 0.677. The highest BCUT2D eigenvalue weighted by Gasteiger charge is 2.16. The summed E-state index contributed by atoms with van der Waals surface area (Å²) in [6, 6.07) is 0. The van der Waals surface area contributed by atoms with Crippen molar-refractivity contribution in [2.75, 3.05) is 39.4 Å². The molecule has 1 fully saturated rings. The molecule has 2 N–H and O–H groups in total. The van der Waals surface area contributed by atoms with Gasteiger partial charge in [-0.25, -0.2) is 0 Å². The molecular weight excluding hydrogens is 150 g/mol. The number of hydrogen-bond acceptors (Lipinski definition) is 3. The minimum absolute atomic E-state index is 0.789. The Hall–Kier alpha value is -0.120. The summed E-state index contributed by atoms with van der Waals surface area (Å²) in [5, 5.41) is 0. The van der Waals surface area contributed by atoms with E-state index in [2.05, 4.69) is 16.7 Å². The van der Waals surface area contributed by atoms with Gasteiger partial charge in [-0.3, -0.25) is 9.80 Å². The molecule has 0 atom stereocenters. The van der Waals surface area contributed by atoms with Crippen molar-refractivity contribution in [1.82, 2.24) is 9.80 Å². The number of rotatable bonds is 3. The van der Waals surface area contributed by atoms with E-state index in [4.69, 9.17) is 5.73 Å². The van der Waals surface area contributed by atoms with Crippen LogP contribution in [0, 0.1) is 0 Å². The van der Waals surface area contributed by atoms with Crippen molar-refractivity contribution in [3.63, 3.8) is 0 Å². The van der Waals surface area contributed by atoms with Gasteiger partial charge >= 0.3 is 0 Å². The molecule has 74 valence electrons. The van der Waals surface area contributed by atoms with Crippen molar-refractivity contribution in [2.45, 2.75) is 20.8 Å². The highest BCUT2D eigenvalue weighted by Crippen LogP contribution is 2.01. The lowest BCUT2D eigenvalue weighted by Crippen LogP contribution is -2.29. The molecule has 0 aliphatic carbocycles. The average Bonchev–Trinajstić information content (AvgIpc) is 2.57. The highest BCUT2D eigenvalue weighted by atomic mass is 15.4. The molecule has 0 unspecified atom stereocenters. The van der Waals surface area contributed by atoms with Crippen molar-refractivity contribution in [2.24, 2.45) is 5.73 Å². The van der Waals surface area contributed by atoms with Crippen molar-refractivity contribution in [3.05, 3.63) is 0 Å². The Bertz CT molecular complexity index is 95.8. The zero-order chi connectivity index (χ0) is 9.40. The molecule has 1 aliphatic heterocycles. The molecule has 0 spiro atoms. The Kier molecular flexibility index (Phi) is 7.45. The first kappa shape index (κ1) is 11.9. The Balaban J connectivity index is 0.000000561. The molecule has 1 heterocycles. The van der Waals surface area contributed by atoms with Crippen LogP contribution < -0.4 is 5.73 Å². The Morgan fingerprint density at radius 2 is 1.75 bits per heavy atom. The third-order valence-electron chi connectivity index (χ3n) is 2.02. The largest absolute Gasteiger partial charge is 0.329 e. The molecule has 0 amide bonds. The second kappa shape index (κ2) is 7.53. The zero-order valence-corrected chi connectivity index (χ0v) is 8.71. The summed E-state index contributed by atoms with van der Waals surface area (Å²) in [4.78, 5) is 4.82. The van der Waals surface area contributed by atoms with E-state index in [1.54, 1.807) is 0 Å². The lowest BCUT2D eigenvalue weighted by atomic mass is 10.5. The van der Waals surface area contributed by atoms with Gasteiger partial charge in [0.2, 0.25) is 0 Å². The molecule has 12 heavy (non-hydrogen) atoms. The van der Waals surface area contributed by atoms with Crippen molar-refractivity contribution in [1.29, 1.82) is 0 Å². The summed E-state index contributed by atoms with van der Waals surface area (Å²) in [7, 11) is 0. The second-order valence-electron chi connectivity index (χ2n) is 2.76.